The van der Waals surface area contributed by atoms with Crippen LogP contribution in [0.1, 0.15) is 13.8 Å². The van der Waals surface area contributed by atoms with Gasteiger partial charge in [0.25, 0.3) is 5.91 Å². The Morgan fingerprint density at radius 1 is 1.29 bits per heavy atom. The second kappa shape index (κ2) is 6.94. The molecule has 0 aliphatic carbocycles. The number of carbonyl (C=O) groups is 2. The average molecular weight is 297 g/mol. The van der Waals surface area contributed by atoms with Crippen molar-refractivity contribution in [2.75, 3.05) is 13.7 Å². The van der Waals surface area contributed by atoms with Gasteiger partial charge in [-0.15, -0.1) is 0 Å². The van der Waals surface area contributed by atoms with Crippen LogP contribution in [0.3, 0.4) is 0 Å². The van der Waals surface area contributed by atoms with Crippen molar-refractivity contribution in [2.24, 2.45) is 0 Å². The third-order valence-corrected chi connectivity index (χ3v) is 2.81. The van der Waals surface area contributed by atoms with E-state index >= 15 is 0 Å². The van der Waals surface area contributed by atoms with Crippen LogP contribution in [0.2, 0.25) is 0 Å². The van der Waals surface area contributed by atoms with E-state index in [0.717, 1.165) is 6.92 Å². The lowest BCUT2D eigenvalue weighted by atomic mass is 10.1. The van der Waals surface area contributed by atoms with Crippen LogP contribution in [-0.4, -0.2) is 47.4 Å². The Labute approximate surface area is 122 Å². The summed E-state index contributed by atoms with van der Waals surface area (Å²) in [5, 5.41) is 20.6. The molecule has 0 radical (unpaired) electrons. The van der Waals surface area contributed by atoms with Gasteiger partial charge in [-0.05, 0) is 38.1 Å². The second-order valence-electron chi connectivity index (χ2n) is 4.73. The molecule has 2 unspecified atom stereocenters. The first-order valence-corrected chi connectivity index (χ1v) is 6.30. The molecule has 0 bridgehead atoms. The van der Waals surface area contributed by atoms with Crippen LogP contribution in [0.15, 0.2) is 24.3 Å². The van der Waals surface area contributed by atoms with Crippen molar-refractivity contribution in [3.63, 3.8) is 0 Å². The quantitative estimate of drug-likeness (QED) is 0.673. The van der Waals surface area contributed by atoms with Crippen LogP contribution in [-0.2, 0) is 9.59 Å². The highest BCUT2D eigenvalue weighted by Gasteiger charge is 2.31. The molecule has 7 nitrogen and oxygen atoms in total. The lowest BCUT2D eigenvalue weighted by Crippen LogP contribution is -2.49. The van der Waals surface area contributed by atoms with Gasteiger partial charge in [0, 0.05) is 0 Å². The number of methoxy groups -OCH3 is 1. The summed E-state index contributed by atoms with van der Waals surface area (Å²) in [7, 11) is 1.54. The number of amides is 1. The number of hydrogen-bond donors (Lipinski definition) is 3. The summed E-state index contributed by atoms with van der Waals surface area (Å²) >= 11 is 0. The molecule has 0 aliphatic rings. The zero-order valence-corrected chi connectivity index (χ0v) is 12.1. The minimum absolute atomic E-state index is 0.405. The van der Waals surface area contributed by atoms with Gasteiger partial charge in [-0.3, -0.25) is 4.79 Å². The fourth-order valence-electron chi connectivity index (χ4n) is 1.39. The fourth-order valence-corrected chi connectivity index (χ4v) is 1.39. The summed E-state index contributed by atoms with van der Waals surface area (Å²) in [6.07, 6.45) is -0.831. The molecule has 3 N–H and O–H groups in total. The number of carboxylic acids is 1. The summed E-state index contributed by atoms with van der Waals surface area (Å²) in [6, 6.07) is 6.68. The van der Waals surface area contributed by atoms with Gasteiger partial charge < -0.3 is 25.0 Å². The number of carbonyl (C=O) groups excluding carboxylic acids is 1. The monoisotopic (exact) mass is 297 g/mol. The highest BCUT2D eigenvalue weighted by molar-refractivity contribution is 5.82. The number of rotatable bonds is 7. The molecule has 0 saturated heterocycles. The molecular weight excluding hydrogens is 278 g/mol. The molecule has 1 aromatic rings. The zero-order valence-electron chi connectivity index (χ0n) is 12.1. The predicted molar refractivity (Wildman–Crippen MR) is 74.4 cm³/mol. The average Bonchev–Trinajstić information content (AvgIpc) is 2.45. The van der Waals surface area contributed by atoms with Crippen LogP contribution in [0.4, 0.5) is 0 Å². The van der Waals surface area contributed by atoms with Gasteiger partial charge in [-0.2, -0.15) is 0 Å². The Morgan fingerprint density at radius 2 is 1.81 bits per heavy atom. The molecule has 0 aliphatic heterocycles. The van der Waals surface area contributed by atoms with Crippen LogP contribution in [0, 0.1) is 0 Å². The normalized spacial score (nSPS) is 14.7. The topological polar surface area (TPSA) is 105 Å². The van der Waals surface area contributed by atoms with Gasteiger partial charge in [0.15, 0.2) is 11.7 Å². The van der Waals surface area contributed by atoms with E-state index in [1.54, 1.807) is 31.4 Å². The molecule has 0 heterocycles. The van der Waals surface area contributed by atoms with Crippen molar-refractivity contribution in [3.05, 3.63) is 24.3 Å². The summed E-state index contributed by atoms with van der Waals surface area (Å²) < 4.78 is 10.4. The highest BCUT2D eigenvalue weighted by Crippen LogP contribution is 2.18. The Morgan fingerprint density at radius 3 is 2.29 bits per heavy atom. The largest absolute Gasteiger partial charge is 0.497 e. The summed E-state index contributed by atoms with van der Waals surface area (Å²) in [6.45, 7) is 2.22. The van der Waals surface area contributed by atoms with Crippen molar-refractivity contribution in [2.45, 2.75) is 25.6 Å². The second-order valence-corrected chi connectivity index (χ2v) is 4.73. The van der Waals surface area contributed by atoms with E-state index in [1.165, 1.54) is 6.92 Å². The van der Waals surface area contributed by atoms with E-state index in [9.17, 15) is 14.7 Å². The number of aliphatic carboxylic acids is 1. The first kappa shape index (κ1) is 16.8. The Balaban J connectivity index is 2.52. The van der Waals surface area contributed by atoms with E-state index in [4.69, 9.17) is 14.6 Å². The number of benzene rings is 1. The van der Waals surface area contributed by atoms with Crippen molar-refractivity contribution in [3.8, 4) is 11.5 Å². The van der Waals surface area contributed by atoms with Gasteiger partial charge in [-0.1, -0.05) is 0 Å². The van der Waals surface area contributed by atoms with Crippen LogP contribution in [0.25, 0.3) is 0 Å². The molecule has 2 atom stereocenters. The van der Waals surface area contributed by atoms with Gasteiger partial charge >= 0.3 is 5.97 Å². The fraction of sp³-hybridized carbons (Fsp3) is 0.429. The molecule has 0 spiro atoms. The molecule has 1 rings (SSSR count). The predicted octanol–water partition coefficient (Wildman–Crippen LogP) is 0.414. The third-order valence-electron chi connectivity index (χ3n) is 2.81. The lowest BCUT2D eigenvalue weighted by molar-refractivity contribution is -0.156. The standard InChI is InChI=1S/C14H19NO6/c1-9(12(16)15-8-14(2,19)13(17)18)21-11-6-4-10(20-3)5-7-11/h4-7,9,19H,8H2,1-3H3,(H,15,16)(H,17,18). The molecule has 0 fully saturated rings. The molecule has 0 aromatic heterocycles. The van der Waals surface area contributed by atoms with Gasteiger partial charge in [0.2, 0.25) is 0 Å². The van der Waals surface area contributed by atoms with Gasteiger partial charge in [0.05, 0.1) is 13.7 Å². The highest BCUT2D eigenvalue weighted by atomic mass is 16.5. The third kappa shape index (κ3) is 4.96. The summed E-state index contributed by atoms with van der Waals surface area (Å²) in [5.41, 5.74) is -2.02. The van der Waals surface area contributed by atoms with Crippen molar-refractivity contribution in [1.29, 1.82) is 0 Å². The van der Waals surface area contributed by atoms with E-state index < -0.39 is 30.1 Å². The molecule has 0 saturated carbocycles. The first-order valence-electron chi connectivity index (χ1n) is 6.30. The van der Waals surface area contributed by atoms with Crippen LogP contribution >= 0.6 is 0 Å². The maximum Gasteiger partial charge on any atom is 0.337 e. The van der Waals surface area contributed by atoms with Crippen LogP contribution < -0.4 is 14.8 Å². The van der Waals surface area contributed by atoms with Gasteiger partial charge in [0.1, 0.15) is 11.5 Å². The number of aliphatic hydroxyl groups is 1. The summed E-state index contributed by atoms with van der Waals surface area (Å²) in [4.78, 5) is 22.5. The summed E-state index contributed by atoms with van der Waals surface area (Å²) in [5.74, 6) is -0.792. The number of nitrogens with one attached hydrogen (secondary N) is 1. The van der Waals surface area contributed by atoms with E-state index in [0.29, 0.717) is 11.5 Å². The van der Waals surface area contributed by atoms with Crippen molar-refractivity contribution >= 4 is 11.9 Å². The van der Waals surface area contributed by atoms with E-state index in [2.05, 4.69) is 5.32 Å². The Hall–Kier alpha value is -2.28. The molecular formula is C14H19NO6. The maximum atomic E-state index is 11.8. The number of carboxylic acid groups (broad SMARTS) is 1. The van der Waals surface area contributed by atoms with Crippen LogP contribution in [0.5, 0.6) is 11.5 Å². The molecule has 21 heavy (non-hydrogen) atoms. The Kier molecular flexibility index (Phi) is 5.54. The number of hydrogen-bond acceptors (Lipinski definition) is 5. The smallest absolute Gasteiger partial charge is 0.337 e. The number of ether oxygens (including phenoxy) is 2. The van der Waals surface area contributed by atoms with E-state index in [1.807, 2.05) is 0 Å². The Bertz CT molecular complexity index is 497. The molecule has 116 valence electrons. The van der Waals surface area contributed by atoms with E-state index in [-0.39, 0.29) is 0 Å². The molecule has 7 heteroatoms. The van der Waals surface area contributed by atoms with Crippen molar-refractivity contribution in [1.82, 2.24) is 5.32 Å². The first-order chi connectivity index (χ1) is 9.76. The minimum atomic E-state index is -2.02. The molecule has 1 aromatic carbocycles. The van der Waals surface area contributed by atoms with Gasteiger partial charge in [-0.25, -0.2) is 4.79 Å². The lowest BCUT2D eigenvalue weighted by Gasteiger charge is -2.20. The molecule has 1 amide bonds. The maximum absolute atomic E-state index is 11.8. The SMILES string of the molecule is COc1ccc(OC(C)C(=O)NCC(C)(O)C(=O)O)cc1. The minimum Gasteiger partial charge on any atom is -0.497 e. The zero-order chi connectivity index (χ0) is 16.0. The van der Waals surface area contributed by atoms with Crippen molar-refractivity contribution < 1.29 is 29.3 Å².